The second-order valence-electron chi connectivity index (χ2n) is 2.59. The van der Waals surface area contributed by atoms with Gasteiger partial charge in [0.25, 0.3) is 5.56 Å². The first-order chi connectivity index (χ1) is 6.15. The van der Waals surface area contributed by atoms with E-state index in [0.717, 1.165) is 0 Å². The number of aliphatic hydroxyl groups is 1. The predicted octanol–water partition coefficient (Wildman–Crippen LogP) is -0.833. The summed E-state index contributed by atoms with van der Waals surface area (Å²) >= 11 is 1.90. The van der Waals surface area contributed by atoms with Crippen LogP contribution in [-0.2, 0) is 6.54 Å². The highest BCUT2D eigenvalue weighted by Crippen LogP contribution is 1.94. The number of hydrogen-bond acceptors (Lipinski definition) is 4. The van der Waals surface area contributed by atoms with Crippen LogP contribution >= 0.6 is 22.6 Å². The maximum atomic E-state index is 11.4. The summed E-state index contributed by atoms with van der Waals surface area (Å²) in [5.74, 6) is 0. The number of aliphatic hydroxyl groups excluding tert-OH is 1. The summed E-state index contributed by atoms with van der Waals surface area (Å²) in [5, 5.41) is 9.21. The van der Waals surface area contributed by atoms with Crippen LogP contribution in [0.4, 0.5) is 0 Å². The molecule has 0 spiro atoms. The fourth-order valence-electron chi connectivity index (χ4n) is 0.856. The van der Waals surface area contributed by atoms with E-state index in [4.69, 9.17) is 5.73 Å². The van der Waals surface area contributed by atoms with Crippen LogP contribution in [0.1, 0.15) is 0 Å². The van der Waals surface area contributed by atoms with Gasteiger partial charge < -0.3 is 10.8 Å². The Hall–Kier alpha value is -0.470. The van der Waals surface area contributed by atoms with Gasteiger partial charge in [-0.1, -0.05) is 0 Å². The zero-order chi connectivity index (χ0) is 9.84. The highest BCUT2D eigenvalue weighted by atomic mass is 127. The van der Waals surface area contributed by atoms with Gasteiger partial charge in [0, 0.05) is 12.7 Å². The van der Waals surface area contributed by atoms with Gasteiger partial charge in [-0.2, -0.15) is 0 Å². The molecule has 0 aliphatic rings. The normalized spacial score (nSPS) is 12.8. The molecule has 1 rings (SSSR count). The number of nitrogens with two attached hydrogens (primary N) is 1. The molecule has 13 heavy (non-hydrogen) atoms. The molecule has 0 amide bonds. The quantitative estimate of drug-likeness (QED) is 0.713. The van der Waals surface area contributed by atoms with Gasteiger partial charge in [-0.3, -0.25) is 9.36 Å². The van der Waals surface area contributed by atoms with Crippen LogP contribution < -0.4 is 11.3 Å². The van der Waals surface area contributed by atoms with E-state index >= 15 is 0 Å². The Morgan fingerprint density at radius 3 is 3.08 bits per heavy atom. The predicted molar refractivity (Wildman–Crippen MR) is 56.3 cm³/mol. The SMILES string of the molecule is NC[C@H](O)Cn1cncc(I)c1=O. The average molecular weight is 295 g/mol. The highest BCUT2D eigenvalue weighted by molar-refractivity contribution is 14.1. The summed E-state index contributed by atoms with van der Waals surface area (Å²) in [6.45, 7) is 0.330. The number of halogens is 1. The third-order valence-electron chi connectivity index (χ3n) is 1.54. The topological polar surface area (TPSA) is 81.1 Å². The van der Waals surface area contributed by atoms with E-state index in [2.05, 4.69) is 4.98 Å². The first-order valence-electron chi connectivity index (χ1n) is 3.73. The van der Waals surface area contributed by atoms with Crippen LogP contribution in [0.3, 0.4) is 0 Å². The number of hydrogen-bond donors (Lipinski definition) is 2. The van der Waals surface area contributed by atoms with Crippen molar-refractivity contribution in [2.45, 2.75) is 12.6 Å². The van der Waals surface area contributed by atoms with Crippen molar-refractivity contribution < 1.29 is 5.11 Å². The molecule has 0 saturated heterocycles. The van der Waals surface area contributed by atoms with Crippen LogP contribution in [-0.4, -0.2) is 27.3 Å². The molecular formula is C7H10IN3O2. The average Bonchev–Trinajstić information content (AvgIpc) is 2.13. The molecule has 5 nitrogen and oxygen atoms in total. The van der Waals surface area contributed by atoms with E-state index in [0.29, 0.717) is 3.57 Å². The first kappa shape index (κ1) is 10.6. The lowest BCUT2D eigenvalue weighted by atomic mass is 10.3. The van der Waals surface area contributed by atoms with Crippen LogP contribution in [0, 0.1) is 3.57 Å². The summed E-state index contributed by atoms with van der Waals surface area (Å²) in [6.07, 6.45) is 2.18. The monoisotopic (exact) mass is 295 g/mol. The van der Waals surface area contributed by atoms with Crippen LogP contribution in [0.25, 0.3) is 0 Å². The molecule has 72 valence electrons. The maximum Gasteiger partial charge on any atom is 0.266 e. The molecule has 0 aliphatic heterocycles. The molecule has 0 radical (unpaired) electrons. The molecule has 1 atom stereocenters. The largest absolute Gasteiger partial charge is 0.390 e. The van der Waals surface area contributed by atoms with Gasteiger partial charge in [-0.05, 0) is 22.6 Å². The molecule has 0 aromatic carbocycles. The van der Waals surface area contributed by atoms with Crippen molar-refractivity contribution in [3.05, 3.63) is 26.4 Å². The van der Waals surface area contributed by atoms with E-state index in [1.54, 1.807) is 0 Å². The fraction of sp³-hybridized carbons (Fsp3) is 0.429. The van der Waals surface area contributed by atoms with E-state index in [-0.39, 0.29) is 18.6 Å². The van der Waals surface area contributed by atoms with Crippen molar-refractivity contribution in [2.75, 3.05) is 6.54 Å². The molecular weight excluding hydrogens is 285 g/mol. The third-order valence-corrected chi connectivity index (χ3v) is 2.28. The summed E-state index contributed by atoms with van der Waals surface area (Å²) in [4.78, 5) is 15.2. The maximum absolute atomic E-state index is 11.4. The Labute approximate surface area is 88.7 Å². The summed E-state index contributed by atoms with van der Waals surface area (Å²) < 4.78 is 1.88. The number of aromatic nitrogens is 2. The minimum atomic E-state index is -0.697. The standard InChI is InChI=1S/C7H10IN3O2/c8-6-2-10-4-11(7(6)13)3-5(12)1-9/h2,4-5,12H,1,3,9H2/t5-/m0/s1. The molecule has 1 aromatic heterocycles. The minimum absolute atomic E-state index is 0.137. The van der Waals surface area contributed by atoms with Gasteiger partial charge >= 0.3 is 0 Å². The summed E-state index contributed by atoms with van der Waals surface area (Å²) in [6, 6.07) is 0. The lowest BCUT2D eigenvalue weighted by Gasteiger charge is -2.09. The Kier molecular flexibility index (Phi) is 3.82. The van der Waals surface area contributed by atoms with Crippen molar-refractivity contribution in [1.82, 2.24) is 9.55 Å². The Balaban J connectivity index is 2.89. The van der Waals surface area contributed by atoms with Crippen molar-refractivity contribution in [2.24, 2.45) is 5.73 Å². The van der Waals surface area contributed by atoms with E-state index in [1.807, 2.05) is 22.6 Å². The Morgan fingerprint density at radius 2 is 2.46 bits per heavy atom. The van der Waals surface area contributed by atoms with Gasteiger partial charge in [0.2, 0.25) is 0 Å². The van der Waals surface area contributed by atoms with E-state index in [9.17, 15) is 9.90 Å². The second kappa shape index (κ2) is 4.68. The zero-order valence-corrected chi connectivity index (χ0v) is 9.01. The molecule has 0 unspecified atom stereocenters. The van der Waals surface area contributed by atoms with Gasteiger partial charge in [0.1, 0.15) is 0 Å². The lowest BCUT2D eigenvalue weighted by Crippen LogP contribution is -2.32. The molecule has 0 fully saturated rings. The summed E-state index contributed by atoms with van der Waals surface area (Å²) in [7, 11) is 0. The molecule has 1 aromatic rings. The van der Waals surface area contributed by atoms with Crippen molar-refractivity contribution in [3.63, 3.8) is 0 Å². The number of rotatable bonds is 3. The lowest BCUT2D eigenvalue weighted by molar-refractivity contribution is 0.160. The van der Waals surface area contributed by atoms with Crippen LogP contribution in [0.2, 0.25) is 0 Å². The Morgan fingerprint density at radius 1 is 1.77 bits per heavy atom. The molecule has 6 heteroatoms. The smallest absolute Gasteiger partial charge is 0.266 e. The van der Waals surface area contributed by atoms with E-state index in [1.165, 1.54) is 17.1 Å². The van der Waals surface area contributed by atoms with Crippen molar-refractivity contribution >= 4 is 22.6 Å². The zero-order valence-electron chi connectivity index (χ0n) is 6.85. The fourth-order valence-corrected chi connectivity index (χ4v) is 1.33. The highest BCUT2D eigenvalue weighted by Gasteiger charge is 2.05. The molecule has 3 N–H and O–H groups in total. The van der Waals surface area contributed by atoms with Crippen molar-refractivity contribution in [3.8, 4) is 0 Å². The van der Waals surface area contributed by atoms with Gasteiger partial charge in [0.15, 0.2) is 0 Å². The van der Waals surface area contributed by atoms with Gasteiger partial charge in [-0.15, -0.1) is 0 Å². The summed E-state index contributed by atoms with van der Waals surface area (Å²) in [5.41, 5.74) is 5.07. The Bertz CT molecular complexity index is 339. The van der Waals surface area contributed by atoms with Crippen molar-refractivity contribution in [1.29, 1.82) is 0 Å². The van der Waals surface area contributed by atoms with E-state index < -0.39 is 6.10 Å². The second-order valence-corrected chi connectivity index (χ2v) is 3.75. The van der Waals surface area contributed by atoms with Crippen LogP contribution in [0.5, 0.6) is 0 Å². The van der Waals surface area contributed by atoms with Gasteiger partial charge in [-0.25, -0.2) is 4.98 Å². The molecule has 0 bridgehead atoms. The first-order valence-corrected chi connectivity index (χ1v) is 4.81. The molecule has 0 aliphatic carbocycles. The molecule has 0 saturated carbocycles. The molecule has 1 heterocycles. The third kappa shape index (κ3) is 2.75. The number of nitrogens with zero attached hydrogens (tertiary/aromatic N) is 2. The minimum Gasteiger partial charge on any atom is -0.390 e. The van der Waals surface area contributed by atoms with Crippen LogP contribution in [0.15, 0.2) is 17.3 Å². The van der Waals surface area contributed by atoms with Gasteiger partial charge in [0.05, 0.1) is 22.5 Å².